The number of aliphatic hydroxyl groups is 1. The third-order valence-electron chi connectivity index (χ3n) is 3.06. The van der Waals surface area contributed by atoms with Crippen LogP contribution in [-0.2, 0) is 4.79 Å². The van der Waals surface area contributed by atoms with Crippen LogP contribution in [0.25, 0.3) is 0 Å². The van der Waals surface area contributed by atoms with E-state index in [1.54, 1.807) is 6.92 Å². The molecule has 4 nitrogen and oxygen atoms in total. The number of hydrogen-bond acceptors (Lipinski definition) is 3. The van der Waals surface area contributed by atoms with Gasteiger partial charge in [-0.15, -0.1) is 0 Å². The third kappa shape index (κ3) is 4.13. The predicted molar refractivity (Wildman–Crippen MR) is 72.1 cm³/mol. The Labute approximate surface area is 108 Å². The number of carbonyl (C=O) groups is 1. The molecule has 1 aromatic rings. The van der Waals surface area contributed by atoms with Crippen molar-refractivity contribution in [2.75, 3.05) is 6.54 Å². The van der Waals surface area contributed by atoms with Crippen LogP contribution in [0.3, 0.4) is 0 Å². The summed E-state index contributed by atoms with van der Waals surface area (Å²) in [5, 5.41) is 12.1. The lowest BCUT2D eigenvalue weighted by molar-refractivity contribution is -0.122. The molecule has 0 aliphatic rings. The Bertz CT molecular complexity index is 365. The molecule has 0 aliphatic heterocycles. The van der Waals surface area contributed by atoms with Crippen molar-refractivity contribution in [3.05, 3.63) is 35.9 Å². The molecule has 0 aliphatic carbocycles. The Morgan fingerprint density at radius 3 is 2.50 bits per heavy atom. The average molecular weight is 250 g/mol. The number of aliphatic hydroxyl groups excluding tert-OH is 1. The standard InChI is InChI=1S/C14H22N2O2/c1-3-12(11-7-5-4-6-8-11)14(18)16-9-13(15)10(2)17/h4-8,10,12-13,17H,3,9,15H2,1-2H3,(H,16,18). The monoisotopic (exact) mass is 250 g/mol. The van der Waals surface area contributed by atoms with E-state index in [-0.39, 0.29) is 11.8 Å². The molecule has 0 saturated carbocycles. The van der Waals surface area contributed by atoms with Gasteiger partial charge in [-0.05, 0) is 18.9 Å². The molecular formula is C14H22N2O2. The summed E-state index contributed by atoms with van der Waals surface area (Å²) in [4.78, 5) is 12.1. The molecule has 4 N–H and O–H groups in total. The van der Waals surface area contributed by atoms with E-state index >= 15 is 0 Å². The topological polar surface area (TPSA) is 75.4 Å². The highest BCUT2D eigenvalue weighted by atomic mass is 16.3. The first kappa shape index (κ1) is 14.7. The summed E-state index contributed by atoms with van der Waals surface area (Å²) in [6.45, 7) is 3.89. The van der Waals surface area contributed by atoms with E-state index in [2.05, 4.69) is 5.32 Å². The molecule has 3 unspecified atom stereocenters. The molecule has 0 heterocycles. The minimum atomic E-state index is -0.623. The smallest absolute Gasteiger partial charge is 0.227 e. The lowest BCUT2D eigenvalue weighted by Crippen LogP contribution is -2.44. The fraction of sp³-hybridized carbons (Fsp3) is 0.500. The molecule has 0 aromatic heterocycles. The van der Waals surface area contributed by atoms with Crippen LogP contribution in [0.15, 0.2) is 30.3 Å². The Morgan fingerprint density at radius 1 is 1.39 bits per heavy atom. The maximum absolute atomic E-state index is 12.1. The maximum Gasteiger partial charge on any atom is 0.227 e. The minimum Gasteiger partial charge on any atom is -0.392 e. The van der Waals surface area contributed by atoms with E-state index in [0.717, 1.165) is 12.0 Å². The van der Waals surface area contributed by atoms with E-state index in [4.69, 9.17) is 5.73 Å². The number of nitrogens with two attached hydrogens (primary N) is 1. The molecule has 0 radical (unpaired) electrons. The van der Waals surface area contributed by atoms with Gasteiger partial charge in [-0.3, -0.25) is 4.79 Å². The number of hydrogen-bond donors (Lipinski definition) is 3. The molecule has 0 bridgehead atoms. The fourth-order valence-electron chi connectivity index (χ4n) is 1.77. The molecule has 0 fully saturated rings. The molecule has 1 aromatic carbocycles. The summed E-state index contributed by atoms with van der Waals surface area (Å²) in [6, 6.07) is 9.24. The van der Waals surface area contributed by atoms with E-state index in [1.807, 2.05) is 37.3 Å². The van der Waals surface area contributed by atoms with Gasteiger partial charge in [0, 0.05) is 12.6 Å². The molecule has 4 heteroatoms. The Kier molecular flexibility index (Phi) is 5.82. The second kappa shape index (κ2) is 7.13. The van der Waals surface area contributed by atoms with Crippen molar-refractivity contribution in [1.82, 2.24) is 5.32 Å². The summed E-state index contributed by atoms with van der Waals surface area (Å²) >= 11 is 0. The van der Waals surface area contributed by atoms with Crippen molar-refractivity contribution in [3.63, 3.8) is 0 Å². The van der Waals surface area contributed by atoms with Gasteiger partial charge in [-0.1, -0.05) is 37.3 Å². The number of nitrogens with one attached hydrogen (secondary N) is 1. The van der Waals surface area contributed by atoms with Crippen molar-refractivity contribution in [2.45, 2.75) is 38.3 Å². The lowest BCUT2D eigenvalue weighted by atomic mass is 9.95. The van der Waals surface area contributed by atoms with Crippen LogP contribution in [0.4, 0.5) is 0 Å². The van der Waals surface area contributed by atoms with Gasteiger partial charge in [0.15, 0.2) is 0 Å². The summed E-state index contributed by atoms with van der Waals surface area (Å²) in [5.74, 6) is -0.202. The predicted octanol–water partition coefficient (Wildman–Crippen LogP) is 1.00. The molecule has 0 saturated heterocycles. The number of benzene rings is 1. The van der Waals surface area contributed by atoms with E-state index in [9.17, 15) is 9.90 Å². The van der Waals surface area contributed by atoms with Crippen molar-refractivity contribution >= 4 is 5.91 Å². The zero-order chi connectivity index (χ0) is 13.5. The van der Waals surface area contributed by atoms with E-state index in [0.29, 0.717) is 6.54 Å². The van der Waals surface area contributed by atoms with Crippen LogP contribution >= 0.6 is 0 Å². The van der Waals surface area contributed by atoms with Gasteiger partial charge in [-0.2, -0.15) is 0 Å². The zero-order valence-electron chi connectivity index (χ0n) is 11.0. The molecule has 3 atom stereocenters. The molecule has 0 spiro atoms. The largest absolute Gasteiger partial charge is 0.392 e. The normalized spacial score (nSPS) is 15.8. The number of carbonyl (C=O) groups excluding carboxylic acids is 1. The lowest BCUT2D eigenvalue weighted by Gasteiger charge is -2.19. The van der Waals surface area contributed by atoms with Crippen LogP contribution in [0.5, 0.6) is 0 Å². The first-order valence-corrected chi connectivity index (χ1v) is 6.32. The maximum atomic E-state index is 12.1. The van der Waals surface area contributed by atoms with Gasteiger partial charge in [0.25, 0.3) is 0 Å². The van der Waals surface area contributed by atoms with Crippen LogP contribution in [0, 0.1) is 0 Å². The van der Waals surface area contributed by atoms with Crippen LogP contribution < -0.4 is 11.1 Å². The van der Waals surface area contributed by atoms with Gasteiger partial charge in [-0.25, -0.2) is 0 Å². The highest BCUT2D eigenvalue weighted by Crippen LogP contribution is 2.18. The highest BCUT2D eigenvalue weighted by molar-refractivity contribution is 5.83. The Hall–Kier alpha value is -1.39. The van der Waals surface area contributed by atoms with Crippen LogP contribution in [0.1, 0.15) is 31.7 Å². The van der Waals surface area contributed by atoms with Crippen LogP contribution in [0.2, 0.25) is 0 Å². The summed E-state index contributed by atoms with van der Waals surface area (Å²) in [5.41, 5.74) is 6.68. The van der Waals surface area contributed by atoms with Crippen molar-refractivity contribution in [1.29, 1.82) is 0 Å². The van der Waals surface area contributed by atoms with E-state index in [1.165, 1.54) is 0 Å². The molecular weight excluding hydrogens is 228 g/mol. The molecule has 100 valence electrons. The first-order chi connectivity index (χ1) is 8.56. The molecule has 18 heavy (non-hydrogen) atoms. The van der Waals surface area contributed by atoms with Crippen molar-refractivity contribution < 1.29 is 9.90 Å². The third-order valence-corrected chi connectivity index (χ3v) is 3.06. The number of amides is 1. The average Bonchev–Trinajstić information content (AvgIpc) is 2.38. The SMILES string of the molecule is CCC(C(=O)NCC(N)C(C)O)c1ccccc1. The summed E-state index contributed by atoms with van der Waals surface area (Å²) in [7, 11) is 0. The molecule has 1 amide bonds. The second-order valence-corrected chi connectivity index (χ2v) is 4.52. The summed E-state index contributed by atoms with van der Waals surface area (Å²) < 4.78 is 0. The van der Waals surface area contributed by atoms with Gasteiger partial charge < -0.3 is 16.2 Å². The van der Waals surface area contributed by atoms with Gasteiger partial charge in [0.05, 0.1) is 12.0 Å². The molecule has 1 rings (SSSR count). The second-order valence-electron chi connectivity index (χ2n) is 4.52. The Morgan fingerprint density at radius 2 is 2.00 bits per heavy atom. The van der Waals surface area contributed by atoms with Crippen molar-refractivity contribution in [2.24, 2.45) is 5.73 Å². The van der Waals surface area contributed by atoms with Gasteiger partial charge in [0.1, 0.15) is 0 Å². The van der Waals surface area contributed by atoms with E-state index < -0.39 is 12.1 Å². The number of rotatable bonds is 6. The Balaban J connectivity index is 2.59. The van der Waals surface area contributed by atoms with Gasteiger partial charge >= 0.3 is 0 Å². The summed E-state index contributed by atoms with van der Waals surface area (Å²) in [6.07, 6.45) is 0.113. The quantitative estimate of drug-likeness (QED) is 0.705. The van der Waals surface area contributed by atoms with Crippen LogP contribution in [-0.4, -0.2) is 29.7 Å². The highest BCUT2D eigenvalue weighted by Gasteiger charge is 2.19. The van der Waals surface area contributed by atoms with Gasteiger partial charge in [0.2, 0.25) is 5.91 Å². The minimum absolute atomic E-state index is 0.0419. The fourth-order valence-corrected chi connectivity index (χ4v) is 1.77. The first-order valence-electron chi connectivity index (χ1n) is 6.32. The zero-order valence-corrected chi connectivity index (χ0v) is 11.0. The van der Waals surface area contributed by atoms with Crippen molar-refractivity contribution in [3.8, 4) is 0 Å².